The van der Waals surface area contributed by atoms with Crippen molar-refractivity contribution >= 4 is 34.9 Å². The summed E-state index contributed by atoms with van der Waals surface area (Å²) in [5, 5.41) is 2.29. The van der Waals surface area contributed by atoms with Gasteiger partial charge in [-0.3, -0.25) is 19.3 Å². The van der Waals surface area contributed by atoms with Crippen LogP contribution in [0, 0.1) is 12.7 Å². The second-order valence-corrected chi connectivity index (χ2v) is 7.36. The molecule has 1 aliphatic rings. The van der Waals surface area contributed by atoms with Crippen molar-refractivity contribution in [1.29, 1.82) is 0 Å². The Hall–Kier alpha value is -2.93. The quantitative estimate of drug-likeness (QED) is 0.756. The minimum atomic E-state index is -0.480. The van der Waals surface area contributed by atoms with Gasteiger partial charge in [0, 0.05) is 18.7 Å². The van der Waals surface area contributed by atoms with Crippen LogP contribution in [0.5, 0.6) is 0 Å². The summed E-state index contributed by atoms with van der Waals surface area (Å²) in [6.07, 6.45) is 1.60. The minimum Gasteiger partial charge on any atom is -0.354 e. The highest BCUT2D eigenvalue weighted by atomic mass is 32.2. The zero-order valence-corrected chi connectivity index (χ0v) is 16.1. The predicted octanol–water partition coefficient (Wildman–Crippen LogP) is 3.53. The maximum atomic E-state index is 13.7. The Kier molecular flexibility index (Phi) is 6.26. The number of rotatable bonds is 6. The molecule has 0 aromatic heterocycles. The molecule has 2 aromatic carbocycles. The fraction of sp³-hybridized carbons (Fsp3) is 0.190. The molecular weight excluding hydrogens is 379 g/mol. The number of hydrogen-bond acceptors (Lipinski definition) is 4. The lowest BCUT2D eigenvalue weighted by atomic mass is 10.1. The molecule has 0 atom stereocenters. The predicted molar refractivity (Wildman–Crippen MR) is 107 cm³/mol. The SMILES string of the molecule is Cc1cccc(CC(=O)NCCN2C(=O)S/C(=C/c3ccccc3F)C2=O)c1. The summed E-state index contributed by atoms with van der Waals surface area (Å²) >= 11 is 0.768. The van der Waals surface area contributed by atoms with Crippen molar-refractivity contribution in [2.45, 2.75) is 13.3 Å². The van der Waals surface area contributed by atoms with Crippen LogP contribution in [-0.4, -0.2) is 35.0 Å². The Morgan fingerprint density at radius 1 is 1.18 bits per heavy atom. The molecule has 1 fully saturated rings. The van der Waals surface area contributed by atoms with Gasteiger partial charge in [-0.05, 0) is 36.4 Å². The molecule has 1 saturated heterocycles. The molecule has 0 radical (unpaired) electrons. The van der Waals surface area contributed by atoms with Crippen molar-refractivity contribution in [3.05, 3.63) is 75.9 Å². The van der Waals surface area contributed by atoms with Gasteiger partial charge in [0.2, 0.25) is 5.91 Å². The summed E-state index contributed by atoms with van der Waals surface area (Å²) in [5.41, 5.74) is 2.22. The van der Waals surface area contributed by atoms with E-state index in [2.05, 4.69) is 5.32 Å². The number of benzene rings is 2. The third-order valence-corrected chi connectivity index (χ3v) is 5.08. The summed E-state index contributed by atoms with van der Waals surface area (Å²) in [7, 11) is 0. The van der Waals surface area contributed by atoms with E-state index in [0.717, 1.165) is 27.8 Å². The first kappa shape index (κ1) is 19.8. The van der Waals surface area contributed by atoms with E-state index in [9.17, 15) is 18.8 Å². The van der Waals surface area contributed by atoms with E-state index in [1.807, 2.05) is 31.2 Å². The molecule has 1 N–H and O–H groups in total. The van der Waals surface area contributed by atoms with Crippen LogP contribution < -0.4 is 5.32 Å². The smallest absolute Gasteiger partial charge is 0.293 e. The van der Waals surface area contributed by atoms with Crippen LogP contribution >= 0.6 is 11.8 Å². The molecule has 5 nitrogen and oxygen atoms in total. The van der Waals surface area contributed by atoms with Crippen molar-refractivity contribution in [3.63, 3.8) is 0 Å². The molecule has 0 aliphatic carbocycles. The van der Waals surface area contributed by atoms with E-state index in [1.165, 1.54) is 18.2 Å². The van der Waals surface area contributed by atoms with Gasteiger partial charge in [-0.25, -0.2) is 4.39 Å². The molecule has 0 saturated carbocycles. The Bertz CT molecular complexity index is 958. The number of nitrogens with zero attached hydrogens (tertiary/aromatic N) is 1. The van der Waals surface area contributed by atoms with E-state index in [0.29, 0.717) is 0 Å². The van der Waals surface area contributed by atoms with Gasteiger partial charge in [0.05, 0.1) is 11.3 Å². The average molecular weight is 398 g/mol. The Morgan fingerprint density at radius 3 is 2.71 bits per heavy atom. The molecular formula is C21H19FN2O3S. The number of nitrogens with one attached hydrogen (secondary N) is 1. The molecule has 2 aromatic rings. The van der Waals surface area contributed by atoms with E-state index in [-0.39, 0.29) is 35.9 Å². The van der Waals surface area contributed by atoms with Crippen molar-refractivity contribution in [1.82, 2.24) is 10.2 Å². The first-order valence-corrected chi connectivity index (χ1v) is 9.58. The third-order valence-electron chi connectivity index (χ3n) is 4.17. The van der Waals surface area contributed by atoms with Gasteiger partial charge in [0.15, 0.2) is 0 Å². The lowest BCUT2D eigenvalue weighted by Crippen LogP contribution is -2.37. The lowest BCUT2D eigenvalue weighted by molar-refractivity contribution is -0.124. The Morgan fingerprint density at radius 2 is 1.96 bits per heavy atom. The number of carbonyl (C=O) groups is 3. The van der Waals surface area contributed by atoms with Crippen molar-refractivity contribution in [3.8, 4) is 0 Å². The fourth-order valence-electron chi connectivity index (χ4n) is 2.80. The van der Waals surface area contributed by atoms with E-state index < -0.39 is 17.0 Å². The van der Waals surface area contributed by atoms with Crippen LogP contribution in [0.2, 0.25) is 0 Å². The van der Waals surface area contributed by atoms with Crippen molar-refractivity contribution < 1.29 is 18.8 Å². The first-order valence-electron chi connectivity index (χ1n) is 8.76. The number of amides is 3. The lowest BCUT2D eigenvalue weighted by Gasteiger charge is -2.13. The van der Waals surface area contributed by atoms with Gasteiger partial charge < -0.3 is 5.32 Å². The molecule has 144 valence electrons. The highest BCUT2D eigenvalue weighted by Gasteiger charge is 2.34. The standard InChI is InChI=1S/C21H19FN2O3S/c1-14-5-4-6-15(11-14)12-19(25)23-9-10-24-20(26)18(28-21(24)27)13-16-7-2-3-8-17(16)22/h2-8,11,13H,9-10,12H2,1H3,(H,23,25)/b18-13+. The zero-order chi connectivity index (χ0) is 20.1. The van der Waals surface area contributed by atoms with Gasteiger partial charge in [0.1, 0.15) is 5.82 Å². The van der Waals surface area contributed by atoms with Crippen LogP contribution in [0.15, 0.2) is 53.4 Å². The van der Waals surface area contributed by atoms with Crippen LogP contribution in [0.4, 0.5) is 9.18 Å². The number of hydrogen-bond donors (Lipinski definition) is 1. The number of carbonyl (C=O) groups excluding carboxylic acids is 3. The van der Waals surface area contributed by atoms with Crippen molar-refractivity contribution in [2.24, 2.45) is 0 Å². The molecule has 1 aliphatic heterocycles. The third kappa shape index (κ3) is 4.86. The molecule has 3 amide bonds. The molecule has 0 bridgehead atoms. The normalized spacial score (nSPS) is 15.4. The highest BCUT2D eigenvalue weighted by molar-refractivity contribution is 8.18. The number of thioether (sulfide) groups is 1. The van der Waals surface area contributed by atoms with Crippen LogP contribution in [0.25, 0.3) is 6.08 Å². The summed E-state index contributed by atoms with van der Waals surface area (Å²) < 4.78 is 13.7. The maximum absolute atomic E-state index is 13.7. The van der Waals surface area contributed by atoms with Gasteiger partial charge in [-0.15, -0.1) is 0 Å². The van der Waals surface area contributed by atoms with Gasteiger partial charge in [0.25, 0.3) is 11.1 Å². The highest BCUT2D eigenvalue weighted by Crippen LogP contribution is 2.32. The summed E-state index contributed by atoms with van der Waals surface area (Å²) in [6.45, 7) is 2.19. The number of halogens is 1. The largest absolute Gasteiger partial charge is 0.354 e. The van der Waals surface area contributed by atoms with Crippen LogP contribution in [0.3, 0.4) is 0 Å². The summed E-state index contributed by atoms with van der Waals surface area (Å²) in [6, 6.07) is 13.7. The van der Waals surface area contributed by atoms with E-state index in [4.69, 9.17) is 0 Å². The molecule has 0 spiro atoms. The topological polar surface area (TPSA) is 66.5 Å². The average Bonchev–Trinajstić information content (AvgIpc) is 2.91. The van der Waals surface area contributed by atoms with E-state index in [1.54, 1.807) is 12.1 Å². The summed E-state index contributed by atoms with van der Waals surface area (Å²) in [4.78, 5) is 37.8. The number of imide groups is 1. The fourth-order valence-corrected chi connectivity index (χ4v) is 3.66. The maximum Gasteiger partial charge on any atom is 0.293 e. The molecule has 1 heterocycles. The summed E-state index contributed by atoms with van der Waals surface area (Å²) in [5.74, 6) is -1.12. The first-order chi connectivity index (χ1) is 13.4. The second kappa shape index (κ2) is 8.84. The van der Waals surface area contributed by atoms with Crippen molar-refractivity contribution in [2.75, 3.05) is 13.1 Å². The van der Waals surface area contributed by atoms with E-state index >= 15 is 0 Å². The number of aryl methyl sites for hydroxylation is 1. The molecule has 3 rings (SSSR count). The molecule has 7 heteroatoms. The van der Waals surface area contributed by atoms with Crippen LogP contribution in [0.1, 0.15) is 16.7 Å². The van der Waals surface area contributed by atoms with Crippen LogP contribution in [-0.2, 0) is 16.0 Å². The van der Waals surface area contributed by atoms with Gasteiger partial charge >= 0.3 is 0 Å². The zero-order valence-electron chi connectivity index (χ0n) is 15.3. The Balaban J connectivity index is 1.55. The molecule has 0 unspecified atom stereocenters. The second-order valence-electron chi connectivity index (χ2n) is 6.37. The monoisotopic (exact) mass is 398 g/mol. The molecule has 28 heavy (non-hydrogen) atoms. The van der Waals surface area contributed by atoms with Gasteiger partial charge in [-0.1, -0.05) is 48.0 Å². The Labute approximate surface area is 166 Å². The minimum absolute atomic E-state index is 0.0683. The van der Waals surface area contributed by atoms with Gasteiger partial charge in [-0.2, -0.15) is 0 Å².